The summed E-state index contributed by atoms with van der Waals surface area (Å²) in [6.45, 7) is 1.98. The Hall–Kier alpha value is -2.42. The molecule has 3 heteroatoms. The minimum Gasteiger partial charge on any atom is -0.453 e. The lowest BCUT2D eigenvalue weighted by atomic mass is 10.1. The Labute approximate surface area is 117 Å². The predicted molar refractivity (Wildman–Crippen MR) is 77.8 cm³/mol. The van der Waals surface area contributed by atoms with E-state index in [2.05, 4.69) is 4.98 Å². The maximum atomic E-state index is 12.2. The molecule has 1 aromatic carbocycles. The molecule has 0 bridgehead atoms. The third-order valence-corrected chi connectivity index (χ3v) is 3.38. The molecule has 100 valence electrons. The van der Waals surface area contributed by atoms with E-state index < -0.39 is 0 Å². The number of rotatable bonds is 4. The number of nitrogens with zero attached hydrogens (tertiary/aromatic N) is 1. The summed E-state index contributed by atoms with van der Waals surface area (Å²) in [6.07, 6.45) is 4.64. The monoisotopic (exact) mass is 265 g/mol. The van der Waals surface area contributed by atoms with Crippen LogP contribution in [0.25, 0.3) is 11.0 Å². The number of carbonyl (C=O) groups excluding carboxylic acids is 1. The van der Waals surface area contributed by atoms with Gasteiger partial charge in [0.25, 0.3) is 0 Å². The van der Waals surface area contributed by atoms with Gasteiger partial charge in [-0.05, 0) is 36.6 Å². The number of aromatic nitrogens is 1. The fourth-order valence-corrected chi connectivity index (χ4v) is 2.27. The zero-order valence-electron chi connectivity index (χ0n) is 11.3. The van der Waals surface area contributed by atoms with Gasteiger partial charge >= 0.3 is 0 Å². The average molecular weight is 265 g/mol. The number of aryl methyl sites for hydroxylation is 2. The van der Waals surface area contributed by atoms with Crippen LogP contribution in [0.5, 0.6) is 0 Å². The van der Waals surface area contributed by atoms with E-state index in [-0.39, 0.29) is 5.78 Å². The third-order valence-electron chi connectivity index (χ3n) is 3.38. The number of hydrogen-bond donors (Lipinski definition) is 0. The molecule has 0 fully saturated rings. The molecule has 0 aliphatic rings. The van der Waals surface area contributed by atoms with E-state index >= 15 is 0 Å². The highest BCUT2D eigenvalue weighted by Gasteiger charge is 2.13. The van der Waals surface area contributed by atoms with Crippen molar-refractivity contribution in [2.45, 2.75) is 19.8 Å². The predicted octanol–water partition coefficient (Wildman–Crippen LogP) is 3.95. The average Bonchev–Trinajstić information content (AvgIpc) is 2.91. The van der Waals surface area contributed by atoms with Crippen LogP contribution in [0, 0.1) is 6.92 Å². The van der Waals surface area contributed by atoms with Gasteiger partial charge in [0.05, 0.1) is 0 Å². The Morgan fingerprint density at radius 3 is 2.90 bits per heavy atom. The lowest BCUT2D eigenvalue weighted by Gasteiger charge is -1.98. The van der Waals surface area contributed by atoms with E-state index in [4.69, 9.17) is 4.42 Å². The summed E-state index contributed by atoms with van der Waals surface area (Å²) < 4.78 is 5.68. The molecule has 3 aromatic rings. The van der Waals surface area contributed by atoms with Gasteiger partial charge in [0.2, 0.25) is 0 Å². The van der Waals surface area contributed by atoms with Crippen LogP contribution in [-0.2, 0) is 6.42 Å². The summed E-state index contributed by atoms with van der Waals surface area (Å²) in [4.78, 5) is 16.2. The minimum atomic E-state index is 0.0319. The third kappa shape index (κ3) is 2.48. The molecule has 0 radical (unpaired) electrons. The van der Waals surface area contributed by atoms with Crippen molar-refractivity contribution in [3.05, 3.63) is 65.7 Å². The van der Waals surface area contributed by atoms with Crippen LogP contribution >= 0.6 is 0 Å². The minimum absolute atomic E-state index is 0.0319. The van der Waals surface area contributed by atoms with Gasteiger partial charge in [-0.15, -0.1) is 0 Å². The molecule has 0 aliphatic heterocycles. The van der Waals surface area contributed by atoms with E-state index in [1.165, 1.54) is 0 Å². The second-order valence-corrected chi connectivity index (χ2v) is 4.89. The summed E-state index contributed by atoms with van der Waals surface area (Å²) in [5.74, 6) is 0.475. The molecule has 3 rings (SSSR count). The summed E-state index contributed by atoms with van der Waals surface area (Å²) in [6, 6.07) is 11.6. The van der Waals surface area contributed by atoms with Gasteiger partial charge in [0, 0.05) is 24.2 Å². The van der Waals surface area contributed by atoms with Crippen LogP contribution in [-0.4, -0.2) is 10.8 Å². The van der Waals surface area contributed by atoms with Gasteiger partial charge < -0.3 is 4.42 Å². The summed E-state index contributed by atoms with van der Waals surface area (Å²) in [5.41, 5.74) is 2.92. The molecular weight excluding hydrogens is 250 g/mol. The van der Waals surface area contributed by atoms with Gasteiger partial charge in [0.15, 0.2) is 11.5 Å². The normalized spacial score (nSPS) is 10.8. The van der Waals surface area contributed by atoms with Gasteiger partial charge in [-0.25, -0.2) is 0 Å². The lowest BCUT2D eigenvalue weighted by Crippen LogP contribution is -1.99. The number of para-hydroxylation sites is 1. The van der Waals surface area contributed by atoms with Crippen molar-refractivity contribution in [1.29, 1.82) is 0 Å². The lowest BCUT2D eigenvalue weighted by molar-refractivity contribution is 0.0958. The van der Waals surface area contributed by atoms with E-state index in [9.17, 15) is 4.79 Å². The number of furan rings is 1. The molecule has 0 spiro atoms. The van der Waals surface area contributed by atoms with Crippen LogP contribution in [0.4, 0.5) is 0 Å². The first kappa shape index (κ1) is 12.6. The molecule has 3 nitrogen and oxygen atoms in total. The maximum Gasteiger partial charge on any atom is 0.198 e. The maximum absolute atomic E-state index is 12.2. The molecule has 20 heavy (non-hydrogen) atoms. The van der Waals surface area contributed by atoms with Crippen molar-refractivity contribution in [3.8, 4) is 0 Å². The standard InChI is InChI=1S/C17H15NO2/c1-12-4-2-6-14-10-16(20-17(12)14)15(19)8-7-13-5-3-9-18-11-13/h2-6,9-11H,7-8H2,1H3. The van der Waals surface area contributed by atoms with E-state index in [0.29, 0.717) is 18.6 Å². The van der Waals surface area contributed by atoms with E-state index in [1.54, 1.807) is 12.4 Å². The second kappa shape index (κ2) is 5.29. The van der Waals surface area contributed by atoms with Crippen molar-refractivity contribution in [3.63, 3.8) is 0 Å². The molecule has 2 heterocycles. The molecular formula is C17H15NO2. The molecule has 0 N–H and O–H groups in total. The van der Waals surface area contributed by atoms with Crippen LogP contribution < -0.4 is 0 Å². The molecule has 0 saturated carbocycles. The number of Topliss-reactive ketones (excluding diaryl/α,β-unsaturated/α-hetero) is 1. The largest absolute Gasteiger partial charge is 0.453 e. The molecule has 0 aliphatic carbocycles. The number of benzene rings is 1. The Morgan fingerprint density at radius 1 is 1.25 bits per heavy atom. The Morgan fingerprint density at radius 2 is 2.15 bits per heavy atom. The van der Waals surface area contributed by atoms with E-state index in [1.807, 2.05) is 43.3 Å². The summed E-state index contributed by atoms with van der Waals surface area (Å²) in [7, 11) is 0. The second-order valence-electron chi connectivity index (χ2n) is 4.89. The van der Waals surface area contributed by atoms with Gasteiger partial charge in [-0.3, -0.25) is 9.78 Å². The molecule has 0 amide bonds. The topological polar surface area (TPSA) is 43.1 Å². The zero-order chi connectivity index (χ0) is 13.9. The fourth-order valence-electron chi connectivity index (χ4n) is 2.27. The van der Waals surface area contributed by atoms with Crippen LogP contribution in [0.1, 0.15) is 28.1 Å². The van der Waals surface area contributed by atoms with Crippen molar-refractivity contribution in [2.24, 2.45) is 0 Å². The number of fused-ring (bicyclic) bond motifs is 1. The molecule has 0 saturated heterocycles. The number of pyridine rings is 1. The first-order valence-electron chi connectivity index (χ1n) is 6.65. The Balaban J connectivity index is 1.77. The van der Waals surface area contributed by atoms with Crippen LogP contribution in [0.3, 0.4) is 0 Å². The van der Waals surface area contributed by atoms with Crippen molar-refractivity contribution >= 4 is 16.8 Å². The number of ketones is 1. The quantitative estimate of drug-likeness (QED) is 0.671. The SMILES string of the molecule is Cc1cccc2cc(C(=O)CCc3cccnc3)oc12. The smallest absolute Gasteiger partial charge is 0.198 e. The molecule has 0 unspecified atom stereocenters. The van der Waals surface area contributed by atoms with Crippen molar-refractivity contribution < 1.29 is 9.21 Å². The van der Waals surface area contributed by atoms with Crippen LogP contribution in [0.2, 0.25) is 0 Å². The van der Waals surface area contributed by atoms with Crippen molar-refractivity contribution in [2.75, 3.05) is 0 Å². The van der Waals surface area contributed by atoms with Crippen LogP contribution in [0.15, 0.2) is 53.2 Å². The van der Waals surface area contributed by atoms with Gasteiger partial charge in [-0.1, -0.05) is 24.3 Å². The highest BCUT2D eigenvalue weighted by atomic mass is 16.3. The first-order valence-corrected chi connectivity index (χ1v) is 6.65. The highest BCUT2D eigenvalue weighted by molar-refractivity contribution is 5.98. The molecule has 0 atom stereocenters. The first-order chi connectivity index (χ1) is 9.74. The molecule has 2 aromatic heterocycles. The summed E-state index contributed by atoms with van der Waals surface area (Å²) >= 11 is 0. The number of hydrogen-bond acceptors (Lipinski definition) is 3. The number of carbonyl (C=O) groups is 1. The zero-order valence-corrected chi connectivity index (χ0v) is 11.3. The highest BCUT2D eigenvalue weighted by Crippen LogP contribution is 2.23. The Kier molecular flexibility index (Phi) is 3.33. The van der Waals surface area contributed by atoms with E-state index in [0.717, 1.165) is 22.1 Å². The Bertz CT molecular complexity index is 744. The fraction of sp³-hybridized carbons (Fsp3) is 0.176. The van der Waals surface area contributed by atoms with Gasteiger partial charge in [-0.2, -0.15) is 0 Å². The van der Waals surface area contributed by atoms with Gasteiger partial charge in [0.1, 0.15) is 5.58 Å². The van der Waals surface area contributed by atoms with Crippen molar-refractivity contribution in [1.82, 2.24) is 4.98 Å². The summed E-state index contributed by atoms with van der Waals surface area (Å²) in [5, 5.41) is 0.981.